The average Bonchev–Trinajstić information content (AvgIpc) is 3.00. The fraction of sp³-hybridized carbons (Fsp3) is 0.714. The first-order valence-electron chi connectivity index (χ1n) is 7.40. The summed E-state index contributed by atoms with van der Waals surface area (Å²) >= 11 is 1.55. The summed E-state index contributed by atoms with van der Waals surface area (Å²) < 4.78 is 27.7. The van der Waals surface area contributed by atoms with E-state index in [1.54, 1.807) is 17.4 Å². The van der Waals surface area contributed by atoms with Crippen molar-refractivity contribution in [2.24, 2.45) is 5.92 Å². The number of nitrogens with one attached hydrogen (secondary N) is 2. The van der Waals surface area contributed by atoms with Crippen molar-refractivity contribution in [1.82, 2.24) is 14.9 Å². The zero-order chi connectivity index (χ0) is 15.5. The monoisotopic (exact) mass is 331 g/mol. The van der Waals surface area contributed by atoms with Gasteiger partial charge in [0.2, 0.25) is 10.0 Å². The molecule has 0 radical (unpaired) electrons. The van der Waals surface area contributed by atoms with Crippen LogP contribution < -0.4 is 10.0 Å². The highest BCUT2D eigenvalue weighted by Crippen LogP contribution is 2.26. The standard InChI is InChI=1S/C14H25N3O2S2/c1-4-15-9-13-7-14(11(2)20-13)21(18,19)16-8-12-5-6-17(3)10-12/h7,12,15-16H,4-6,8-10H2,1-3H3. The fourth-order valence-corrected chi connectivity index (χ4v) is 5.34. The van der Waals surface area contributed by atoms with Gasteiger partial charge in [0, 0.05) is 29.4 Å². The number of rotatable bonds is 7. The molecule has 0 saturated carbocycles. The van der Waals surface area contributed by atoms with Gasteiger partial charge >= 0.3 is 0 Å². The highest BCUT2D eigenvalue weighted by molar-refractivity contribution is 7.89. The molecule has 1 aliphatic rings. The maximum absolute atomic E-state index is 12.4. The second kappa shape index (κ2) is 7.19. The van der Waals surface area contributed by atoms with Crippen molar-refractivity contribution in [3.05, 3.63) is 15.8 Å². The molecule has 120 valence electrons. The molecule has 1 atom stereocenters. The third-order valence-electron chi connectivity index (χ3n) is 3.81. The molecule has 2 N–H and O–H groups in total. The molecule has 0 aromatic carbocycles. The van der Waals surface area contributed by atoms with Gasteiger partial charge in [0.15, 0.2) is 0 Å². The molecule has 2 heterocycles. The van der Waals surface area contributed by atoms with E-state index in [0.29, 0.717) is 17.4 Å². The van der Waals surface area contributed by atoms with Crippen LogP contribution in [-0.4, -0.2) is 46.5 Å². The van der Waals surface area contributed by atoms with Crippen LogP contribution in [0.15, 0.2) is 11.0 Å². The number of nitrogens with zero attached hydrogens (tertiary/aromatic N) is 1. The molecule has 7 heteroatoms. The van der Waals surface area contributed by atoms with Crippen molar-refractivity contribution < 1.29 is 8.42 Å². The molecule has 0 amide bonds. The summed E-state index contributed by atoms with van der Waals surface area (Å²) in [4.78, 5) is 4.60. The van der Waals surface area contributed by atoms with E-state index in [-0.39, 0.29) is 0 Å². The van der Waals surface area contributed by atoms with Crippen molar-refractivity contribution in [2.45, 2.75) is 31.7 Å². The molecule has 1 unspecified atom stereocenters. The Morgan fingerprint density at radius 3 is 2.86 bits per heavy atom. The van der Waals surface area contributed by atoms with Crippen LogP contribution in [0.2, 0.25) is 0 Å². The van der Waals surface area contributed by atoms with Crippen molar-refractivity contribution in [1.29, 1.82) is 0 Å². The maximum Gasteiger partial charge on any atom is 0.241 e. The van der Waals surface area contributed by atoms with Gasteiger partial charge in [-0.3, -0.25) is 0 Å². The van der Waals surface area contributed by atoms with Crippen LogP contribution in [0.3, 0.4) is 0 Å². The molecule has 1 aromatic rings. The predicted octanol–water partition coefficient (Wildman–Crippen LogP) is 1.40. The van der Waals surface area contributed by atoms with Gasteiger partial charge in [-0.05, 0) is 45.5 Å². The lowest BCUT2D eigenvalue weighted by Gasteiger charge is -2.12. The van der Waals surface area contributed by atoms with Crippen LogP contribution in [0.25, 0.3) is 0 Å². The Balaban J connectivity index is 2.00. The minimum absolute atomic E-state index is 0.421. The maximum atomic E-state index is 12.4. The van der Waals surface area contributed by atoms with E-state index >= 15 is 0 Å². The lowest BCUT2D eigenvalue weighted by Crippen LogP contribution is -2.30. The number of sulfonamides is 1. The molecular weight excluding hydrogens is 306 g/mol. The molecular formula is C14H25N3O2S2. The summed E-state index contributed by atoms with van der Waals surface area (Å²) in [7, 11) is -1.31. The smallest absolute Gasteiger partial charge is 0.241 e. The SMILES string of the molecule is CCNCc1cc(S(=O)(=O)NCC2CCN(C)C2)c(C)s1. The third kappa shape index (κ3) is 4.50. The van der Waals surface area contributed by atoms with E-state index in [4.69, 9.17) is 0 Å². The normalized spacial score (nSPS) is 20.2. The first-order chi connectivity index (χ1) is 9.92. The lowest BCUT2D eigenvalue weighted by atomic mass is 10.1. The van der Waals surface area contributed by atoms with Gasteiger partial charge in [-0.1, -0.05) is 6.92 Å². The largest absolute Gasteiger partial charge is 0.312 e. The highest BCUT2D eigenvalue weighted by atomic mass is 32.2. The summed E-state index contributed by atoms with van der Waals surface area (Å²) in [6.07, 6.45) is 1.06. The number of hydrogen-bond acceptors (Lipinski definition) is 5. The van der Waals surface area contributed by atoms with E-state index in [1.165, 1.54) is 0 Å². The van der Waals surface area contributed by atoms with E-state index in [2.05, 4.69) is 22.0 Å². The molecule has 21 heavy (non-hydrogen) atoms. The first kappa shape index (κ1) is 16.9. The Labute approximate surface area is 131 Å². The van der Waals surface area contributed by atoms with E-state index in [0.717, 1.165) is 42.4 Å². The topological polar surface area (TPSA) is 61.4 Å². The molecule has 1 saturated heterocycles. The third-order valence-corrected chi connectivity index (χ3v) is 6.54. The molecule has 5 nitrogen and oxygen atoms in total. The summed E-state index contributed by atoms with van der Waals surface area (Å²) in [5, 5.41) is 3.23. The molecule has 1 aromatic heterocycles. The number of likely N-dealkylation sites (tertiary alicyclic amines) is 1. The van der Waals surface area contributed by atoms with Crippen molar-refractivity contribution in [2.75, 3.05) is 33.2 Å². The molecule has 1 aliphatic heterocycles. The van der Waals surface area contributed by atoms with Crippen molar-refractivity contribution in [3.63, 3.8) is 0 Å². The van der Waals surface area contributed by atoms with E-state index in [1.807, 2.05) is 13.8 Å². The molecule has 2 rings (SSSR count). The Hall–Kier alpha value is -0.470. The van der Waals surface area contributed by atoms with Crippen LogP contribution in [0.1, 0.15) is 23.1 Å². The Morgan fingerprint density at radius 1 is 1.48 bits per heavy atom. The Morgan fingerprint density at radius 2 is 2.24 bits per heavy atom. The average molecular weight is 332 g/mol. The summed E-state index contributed by atoms with van der Waals surface area (Å²) in [6, 6.07) is 1.80. The number of aryl methyl sites for hydroxylation is 1. The second-order valence-electron chi connectivity index (χ2n) is 5.68. The second-order valence-corrected chi connectivity index (χ2v) is 8.76. The van der Waals surface area contributed by atoms with Gasteiger partial charge in [-0.25, -0.2) is 13.1 Å². The summed E-state index contributed by atoms with van der Waals surface area (Å²) in [6.45, 7) is 8.08. The van der Waals surface area contributed by atoms with Gasteiger partial charge < -0.3 is 10.2 Å². The van der Waals surface area contributed by atoms with Crippen LogP contribution >= 0.6 is 11.3 Å². The number of hydrogen-bond donors (Lipinski definition) is 2. The van der Waals surface area contributed by atoms with Crippen molar-refractivity contribution >= 4 is 21.4 Å². The minimum atomic E-state index is -3.39. The summed E-state index contributed by atoms with van der Waals surface area (Å²) in [5.41, 5.74) is 0. The molecule has 0 bridgehead atoms. The Kier molecular flexibility index (Phi) is 5.79. The quantitative estimate of drug-likeness (QED) is 0.793. The van der Waals surface area contributed by atoms with Gasteiger partial charge in [0.05, 0.1) is 4.90 Å². The zero-order valence-corrected chi connectivity index (χ0v) is 14.6. The van der Waals surface area contributed by atoms with Crippen LogP contribution in [0.4, 0.5) is 0 Å². The van der Waals surface area contributed by atoms with Gasteiger partial charge in [0.25, 0.3) is 0 Å². The predicted molar refractivity (Wildman–Crippen MR) is 87.2 cm³/mol. The summed E-state index contributed by atoms with van der Waals surface area (Å²) in [5.74, 6) is 0.421. The van der Waals surface area contributed by atoms with Crippen LogP contribution in [0, 0.1) is 12.8 Å². The van der Waals surface area contributed by atoms with Gasteiger partial charge in [-0.15, -0.1) is 11.3 Å². The first-order valence-corrected chi connectivity index (χ1v) is 9.70. The highest BCUT2D eigenvalue weighted by Gasteiger charge is 2.24. The fourth-order valence-electron chi connectivity index (χ4n) is 2.62. The van der Waals surface area contributed by atoms with E-state index in [9.17, 15) is 8.42 Å². The van der Waals surface area contributed by atoms with Gasteiger partial charge in [-0.2, -0.15) is 0 Å². The zero-order valence-electron chi connectivity index (χ0n) is 13.0. The van der Waals surface area contributed by atoms with Crippen LogP contribution in [-0.2, 0) is 16.6 Å². The molecule has 1 fully saturated rings. The van der Waals surface area contributed by atoms with Crippen LogP contribution in [0.5, 0.6) is 0 Å². The molecule has 0 aliphatic carbocycles. The van der Waals surface area contributed by atoms with E-state index < -0.39 is 10.0 Å². The molecule has 0 spiro atoms. The Bertz CT molecular complexity index is 569. The van der Waals surface area contributed by atoms with Crippen molar-refractivity contribution in [3.8, 4) is 0 Å². The number of thiophene rings is 1. The minimum Gasteiger partial charge on any atom is -0.312 e. The van der Waals surface area contributed by atoms with Gasteiger partial charge in [0.1, 0.15) is 0 Å². The lowest BCUT2D eigenvalue weighted by molar-refractivity contribution is 0.394.